The largest absolute Gasteiger partial charge is 0.473 e. The average Bonchev–Trinajstić information content (AvgIpc) is 2.69. The highest BCUT2D eigenvalue weighted by atomic mass is 16.7. The number of amides is 1. The predicted octanol–water partition coefficient (Wildman–Crippen LogP) is 3.78. The van der Waals surface area contributed by atoms with E-state index in [2.05, 4.69) is 10.1 Å². The Morgan fingerprint density at radius 2 is 1.89 bits per heavy atom. The Morgan fingerprint density at radius 1 is 1.18 bits per heavy atom. The maximum Gasteiger partial charge on any atom is 0.438 e. The molecule has 8 heteroatoms. The van der Waals surface area contributed by atoms with Gasteiger partial charge in [0.05, 0.1) is 31.3 Å². The van der Waals surface area contributed by atoms with Crippen LogP contribution in [0.5, 0.6) is 5.88 Å². The van der Waals surface area contributed by atoms with Gasteiger partial charge in [-0.2, -0.15) is 5.06 Å². The van der Waals surface area contributed by atoms with Crippen molar-refractivity contribution in [3.63, 3.8) is 0 Å². The summed E-state index contributed by atoms with van der Waals surface area (Å²) in [5, 5.41) is 5.02. The molecule has 2 aromatic rings. The zero-order valence-corrected chi connectivity index (χ0v) is 17.0. The number of methoxy groups -OCH3 is 1. The van der Waals surface area contributed by atoms with Gasteiger partial charge in [0.25, 0.3) is 0 Å². The van der Waals surface area contributed by atoms with Crippen LogP contribution >= 0.6 is 0 Å². The molecule has 150 valence electrons. The third-order valence-electron chi connectivity index (χ3n) is 4.07. The van der Waals surface area contributed by atoms with Gasteiger partial charge in [-0.25, -0.2) is 9.78 Å². The Hall–Kier alpha value is -3.13. The first-order valence-corrected chi connectivity index (χ1v) is 8.62. The Bertz CT molecular complexity index is 867. The fourth-order valence-electron chi connectivity index (χ4n) is 2.71. The smallest absolute Gasteiger partial charge is 0.438 e. The van der Waals surface area contributed by atoms with Crippen molar-refractivity contribution in [2.24, 2.45) is 5.16 Å². The minimum absolute atomic E-state index is 0.199. The second kappa shape index (κ2) is 9.70. The van der Waals surface area contributed by atoms with E-state index in [1.54, 1.807) is 12.1 Å². The molecule has 0 saturated carbocycles. The lowest BCUT2D eigenvalue weighted by atomic mass is 10.1. The van der Waals surface area contributed by atoms with Crippen LogP contribution in [0.15, 0.2) is 35.5 Å². The molecule has 0 bridgehead atoms. The van der Waals surface area contributed by atoms with Crippen LogP contribution in [0.1, 0.15) is 29.3 Å². The van der Waals surface area contributed by atoms with Crippen molar-refractivity contribution >= 4 is 17.5 Å². The van der Waals surface area contributed by atoms with Crippen molar-refractivity contribution in [1.82, 2.24) is 4.98 Å². The minimum atomic E-state index is -0.627. The number of nitrogens with zero attached hydrogens (tertiary/aromatic N) is 3. The summed E-state index contributed by atoms with van der Waals surface area (Å²) in [4.78, 5) is 26.5. The summed E-state index contributed by atoms with van der Waals surface area (Å²) < 4.78 is 10.7. The molecular formula is C20H25N3O5. The number of carbonyl (C=O) groups is 1. The summed E-state index contributed by atoms with van der Waals surface area (Å²) in [6.45, 7) is 5.85. The number of para-hydroxylation sites is 1. The molecule has 1 heterocycles. The van der Waals surface area contributed by atoms with Crippen LogP contribution in [0, 0.1) is 13.8 Å². The molecule has 0 radical (unpaired) electrons. The fourth-order valence-corrected chi connectivity index (χ4v) is 2.71. The van der Waals surface area contributed by atoms with E-state index in [1.165, 1.54) is 21.3 Å². The number of carbonyl (C=O) groups excluding carboxylic acids is 1. The predicted molar refractivity (Wildman–Crippen MR) is 106 cm³/mol. The number of hydrogen-bond donors (Lipinski definition) is 0. The first kappa shape index (κ1) is 21.2. The maximum atomic E-state index is 11.9. The number of ether oxygens (including phenoxy) is 2. The molecule has 1 aromatic heterocycles. The molecule has 0 saturated heterocycles. The van der Waals surface area contributed by atoms with Crippen LogP contribution in [-0.2, 0) is 21.0 Å². The number of anilines is 1. The molecule has 0 aliphatic carbocycles. The van der Waals surface area contributed by atoms with Crippen molar-refractivity contribution in [2.45, 2.75) is 27.4 Å². The Morgan fingerprint density at radius 3 is 2.54 bits per heavy atom. The van der Waals surface area contributed by atoms with Gasteiger partial charge in [-0.3, -0.25) is 4.84 Å². The van der Waals surface area contributed by atoms with Crippen molar-refractivity contribution in [3.05, 3.63) is 52.7 Å². The number of hydrogen-bond acceptors (Lipinski definition) is 7. The van der Waals surface area contributed by atoms with E-state index in [1.807, 2.05) is 39.0 Å². The molecule has 2 rings (SSSR count). The molecule has 0 fully saturated rings. The van der Waals surface area contributed by atoms with Gasteiger partial charge in [0.2, 0.25) is 5.88 Å². The first-order chi connectivity index (χ1) is 13.4. The number of hydroxylamine groups is 1. The lowest BCUT2D eigenvalue weighted by Gasteiger charge is -2.21. The number of rotatable bonds is 7. The second-order valence-electron chi connectivity index (χ2n) is 5.97. The zero-order chi connectivity index (χ0) is 20.7. The number of oxime groups is 1. The van der Waals surface area contributed by atoms with E-state index in [9.17, 15) is 4.79 Å². The van der Waals surface area contributed by atoms with Gasteiger partial charge < -0.3 is 14.3 Å². The second-order valence-corrected chi connectivity index (χ2v) is 5.97. The van der Waals surface area contributed by atoms with E-state index in [-0.39, 0.29) is 6.61 Å². The number of pyridine rings is 1. The monoisotopic (exact) mass is 387 g/mol. The van der Waals surface area contributed by atoms with Gasteiger partial charge in [-0.1, -0.05) is 23.4 Å². The highest BCUT2D eigenvalue weighted by molar-refractivity contribution is 5.99. The van der Waals surface area contributed by atoms with Gasteiger partial charge in [0.1, 0.15) is 13.7 Å². The third kappa shape index (κ3) is 4.77. The minimum Gasteiger partial charge on any atom is -0.473 e. The lowest BCUT2D eigenvalue weighted by Crippen LogP contribution is -2.30. The Kier molecular flexibility index (Phi) is 7.34. The van der Waals surface area contributed by atoms with Crippen LogP contribution < -0.4 is 9.80 Å². The van der Waals surface area contributed by atoms with Crippen molar-refractivity contribution < 1.29 is 23.9 Å². The number of benzene rings is 1. The van der Waals surface area contributed by atoms with Crippen molar-refractivity contribution in [1.29, 1.82) is 0 Å². The van der Waals surface area contributed by atoms with Crippen molar-refractivity contribution in [2.75, 3.05) is 26.4 Å². The van der Waals surface area contributed by atoms with Gasteiger partial charge in [-0.05, 0) is 32.9 Å². The number of aryl methyl sites for hydroxylation is 2. The molecule has 0 aliphatic rings. The van der Waals surface area contributed by atoms with Crippen molar-refractivity contribution in [3.8, 4) is 5.88 Å². The van der Waals surface area contributed by atoms with E-state index >= 15 is 0 Å². The topological polar surface area (TPSA) is 82.5 Å². The first-order valence-electron chi connectivity index (χ1n) is 8.62. The van der Waals surface area contributed by atoms with Gasteiger partial charge >= 0.3 is 6.09 Å². The summed E-state index contributed by atoms with van der Waals surface area (Å²) in [5.41, 5.74) is 4.55. The summed E-state index contributed by atoms with van der Waals surface area (Å²) in [6, 6.07) is 9.20. The standard InChI is InChI=1S/C20H25N3O5/c1-13-11-17(15(3)22-26-5)14(2)21-19(13)28-12-16-9-7-8-10-18(16)23(27-6)20(24)25-4/h7-11H,12H2,1-6H3/b22-15-. The van der Waals surface area contributed by atoms with E-state index in [4.69, 9.17) is 19.1 Å². The molecule has 0 unspecified atom stereocenters. The van der Waals surface area contributed by atoms with Crippen LogP contribution in [0.2, 0.25) is 0 Å². The van der Waals surface area contributed by atoms with E-state index < -0.39 is 6.09 Å². The van der Waals surface area contributed by atoms with Crippen LogP contribution in [0.3, 0.4) is 0 Å². The zero-order valence-electron chi connectivity index (χ0n) is 17.0. The maximum absolute atomic E-state index is 11.9. The van der Waals surface area contributed by atoms with Gasteiger partial charge in [0, 0.05) is 16.7 Å². The third-order valence-corrected chi connectivity index (χ3v) is 4.07. The molecule has 0 aliphatic heterocycles. The summed E-state index contributed by atoms with van der Waals surface area (Å²) >= 11 is 0. The average molecular weight is 387 g/mol. The molecule has 0 spiro atoms. The molecule has 0 atom stereocenters. The van der Waals surface area contributed by atoms with Crippen LogP contribution in [0.4, 0.5) is 10.5 Å². The lowest BCUT2D eigenvalue weighted by molar-refractivity contribution is 0.115. The molecular weight excluding hydrogens is 362 g/mol. The van der Waals surface area contributed by atoms with E-state index in [0.717, 1.165) is 33.2 Å². The normalized spacial score (nSPS) is 11.1. The summed E-state index contributed by atoms with van der Waals surface area (Å²) in [6.07, 6.45) is -0.627. The molecule has 8 nitrogen and oxygen atoms in total. The Balaban J connectivity index is 2.27. The highest BCUT2D eigenvalue weighted by Gasteiger charge is 2.20. The molecule has 1 aromatic carbocycles. The summed E-state index contributed by atoms with van der Waals surface area (Å²) in [5.74, 6) is 0.503. The van der Waals surface area contributed by atoms with E-state index in [0.29, 0.717) is 11.6 Å². The van der Waals surface area contributed by atoms with Gasteiger partial charge in [-0.15, -0.1) is 0 Å². The molecule has 28 heavy (non-hydrogen) atoms. The van der Waals surface area contributed by atoms with Gasteiger partial charge in [0.15, 0.2) is 0 Å². The molecule has 0 N–H and O–H groups in total. The number of aromatic nitrogens is 1. The fraction of sp³-hybridized carbons (Fsp3) is 0.350. The SMILES string of the molecule is CO/N=C(/C)c1cc(C)c(OCc2ccccc2N(OC)C(=O)OC)nc1C. The van der Waals surface area contributed by atoms with Crippen LogP contribution in [-0.4, -0.2) is 38.1 Å². The highest BCUT2D eigenvalue weighted by Crippen LogP contribution is 2.25. The summed E-state index contributed by atoms with van der Waals surface area (Å²) in [7, 11) is 4.19. The quantitative estimate of drug-likeness (QED) is 0.531. The Labute approximate surface area is 164 Å². The molecule has 1 amide bonds. The van der Waals surface area contributed by atoms with Crippen LogP contribution in [0.25, 0.3) is 0 Å².